The van der Waals surface area contributed by atoms with E-state index in [1.54, 1.807) is 0 Å². The molecule has 0 fully saturated rings. The fraction of sp³-hybridized carbons (Fsp3) is 0.471. The van der Waals surface area contributed by atoms with Gasteiger partial charge in [0.2, 0.25) is 0 Å². The van der Waals surface area contributed by atoms with Gasteiger partial charge in [0.25, 0.3) is 0 Å². The first-order valence-electron chi connectivity index (χ1n) is 14.2. The molecule has 1 unspecified atom stereocenters. The minimum absolute atomic E-state index is 0.240. The quantitative estimate of drug-likeness (QED) is 0.148. The summed E-state index contributed by atoms with van der Waals surface area (Å²) in [5, 5.41) is 0. The van der Waals surface area contributed by atoms with E-state index >= 15 is 0 Å². The summed E-state index contributed by atoms with van der Waals surface area (Å²) in [6.07, 6.45) is 13.9. The van der Waals surface area contributed by atoms with Crippen molar-refractivity contribution < 1.29 is 0 Å². The molecule has 0 saturated carbocycles. The second-order valence-corrected chi connectivity index (χ2v) is 10.5. The Bertz CT molecular complexity index is 960. The van der Waals surface area contributed by atoms with Gasteiger partial charge >= 0.3 is 0 Å². The van der Waals surface area contributed by atoms with Gasteiger partial charge in [0, 0.05) is 45.0 Å². The van der Waals surface area contributed by atoms with Crippen LogP contribution in [0.1, 0.15) is 93.7 Å². The van der Waals surface area contributed by atoms with E-state index in [4.69, 9.17) is 0 Å². The van der Waals surface area contributed by atoms with Crippen LogP contribution < -0.4 is 9.80 Å². The predicted molar refractivity (Wildman–Crippen MR) is 160 cm³/mol. The average molecular weight is 485 g/mol. The second kappa shape index (κ2) is 15.4. The zero-order chi connectivity index (χ0) is 25.6. The Morgan fingerprint density at radius 2 is 0.944 bits per heavy atom. The third kappa shape index (κ3) is 8.73. The van der Waals surface area contributed by atoms with Gasteiger partial charge in [-0.05, 0) is 47.4 Å². The van der Waals surface area contributed by atoms with Gasteiger partial charge in [0.15, 0.2) is 0 Å². The van der Waals surface area contributed by atoms with Gasteiger partial charge < -0.3 is 9.80 Å². The van der Waals surface area contributed by atoms with E-state index in [0.717, 1.165) is 6.54 Å². The van der Waals surface area contributed by atoms with E-state index in [2.05, 4.69) is 117 Å². The number of hydrogen-bond donors (Lipinski definition) is 0. The Hall–Kier alpha value is -2.74. The van der Waals surface area contributed by atoms with E-state index in [9.17, 15) is 0 Å². The molecular weight excluding hydrogens is 436 g/mol. The standard InChI is InChI=1S/C34H48N2/c1-5-6-7-8-9-10-11-12-13-17-28-36(4)33-26-22-31(23-27-33)34(29-18-15-14-16-19-29)30-20-24-32(25-21-30)35(2)3/h14-16,18-27,34H,5-13,17,28H2,1-4H3. The zero-order valence-corrected chi connectivity index (χ0v) is 23.3. The number of rotatable bonds is 16. The molecule has 0 amide bonds. The second-order valence-electron chi connectivity index (χ2n) is 10.5. The summed E-state index contributed by atoms with van der Waals surface area (Å²) >= 11 is 0. The summed E-state index contributed by atoms with van der Waals surface area (Å²) in [6, 6.07) is 29.1. The highest BCUT2D eigenvalue weighted by Gasteiger charge is 2.17. The monoisotopic (exact) mass is 484 g/mol. The van der Waals surface area contributed by atoms with Crippen molar-refractivity contribution >= 4 is 11.4 Å². The molecule has 0 aliphatic rings. The Morgan fingerprint density at radius 1 is 0.500 bits per heavy atom. The fourth-order valence-electron chi connectivity index (χ4n) is 5.07. The molecule has 3 aromatic rings. The Labute approximate surface area is 221 Å². The van der Waals surface area contributed by atoms with Crippen molar-refractivity contribution in [2.45, 2.75) is 77.0 Å². The van der Waals surface area contributed by atoms with E-state index in [-0.39, 0.29) is 5.92 Å². The summed E-state index contributed by atoms with van der Waals surface area (Å²) < 4.78 is 0. The van der Waals surface area contributed by atoms with Crippen molar-refractivity contribution in [3.05, 3.63) is 95.6 Å². The molecule has 3 aromatic carbocycles. The predicted octanol–water partition coefficient (Wildman–Crippen LogP) is 9.29. The van der Waals surface area contributed by atoms with Crippen molar-refractivity contribution in [1.29, 1.82) is 0 Å². The first-order chi connectivity index (χ1) is 17.6. The molecule has 0 aromatic heterocycles. The maximum Gasteiger partial charge on any atom is 0.0363 e. The lowest BCUT2D eigenvalue weighted by Crippen LogP contribution is -2.18. The topological polar surface area (TPSA) is 6.48 Å². The molecule has 0 spiro atoms. The van der Waals surface area contributed by atoms with Gasteiger partial charge in [-0.1, -0.05) is 119 Å². The summed E-state index contributed by atoms with van der Waals surface area (Å²) in [5.74, 6) is 0.240. The molecular formula is C34H48N2. The van der Waals surface area contributed by atoms with Crippen molar-refractivity contribution in [3.63, 3.8) is 0 Å². The number of anilines is 2. The largest absolute Gasteiger partial charge is 0.378 e. The van der Waals surface area contributed by atoms with E-state index < -0.39 is 0 Å². The third-order valence-corrected chi connectivity index (χ3v) is 7.39. The van der Waals surface area contributed by atoms with Crippen molar-refractivity contribution in [2.24, 2.45) is 0 Å². The van der Waals surface area contributed by atoms with Gasteiger partial charge in [0.05, 0.1) is 0 Å². The van der Waals surface area contributed by atoms with Crippen LogP contribution in [-0.4, -0.2) is 27.7 Å². The van der Waals surface area contributed by atoms with Gasteiger partial charge in [-0.25, -0.2) is 0 Å². The van der Waals surface area contributed by atoms with Crippen molar-refractivity contribution in [1.82, 2.24) is 0 Å². The molecule has 3 rings (SSSR count). The molecule has 1 atom stereocenters. The molecule has 0 saturated heterocycles. The molecule has 0 aliphatic carbocycles. The van der Waals surface area contributed by atoms with E-state index in [1.165, 1.54) is 92.3 Å². The molecule has 0 radical (unpaired) electrons. The molecule has 0 heterocycles. The van der Waals surface area contributed by atoms with Crippen LogP contribution in [0.2, 0.25) is 0 Å². The van der Waals surface area contributed by atoms with Gasteiger partial charge in [-0.3, -0.25) is 0 Å². The molecule has 2 nitrogen and oxygen atoms in total. The van der Waals surface area contributed by atoms with E-state index in [1.807, 2.05) is 0 Å². The van der Waals surface area contributed by atoms with Crippen molar-refractivity contribution in [3.8, 4) is 0 Å². The molecule has 36 heavy (non-hydrogen) atoms. The third-order valence-electron chi connectivity index (χ3n) is 7.39. The summed E-state index contributed by atoms with van der Waals surface area (Å²) in [6.45, 7) is 3.42. The number of unbranched alkanes of at least 4 members (excludes halogenated alkanes) is 9. The summed E-state index contributed by atoms with van der Waals surface area (Å²) in [4.78, 5) is 4.57. The van der Waals surface area contributed by atoms with Gasteiger partial charge in [-0.15, -0.1) is 0 Å². The number of hydrogen-bond acceptors (Lipinski definition) is 2. The van der Waals surface area contributed by atoms with Gasteiger partial charge in [-0.2, -0.15) is 0 Å². The van der Waals surface area contributed by atoms with Crippen LogP contribution in [0.4, 0.5) is 11.4 Å². The van der Waals surface area contributed by atoms with Crippen LogP contribution in [0.25, 0.3) is 0 Å². The highest BCUT2D eigenvalue weighted by Crippen LogP contribution is 2.33. The Morgan fingerprint density at radius 3 is 1.44 bits per heavy atom. The SMILES string of the molecule is CCCCCCCCCCCCN(C)c1ccc(C(c2ccccc2)c2ccc(N(C)C)cc2)cc1. The van der Waals surface area contributed by atoms with Crippen LogP contribution >= 0.6 is 0 Å². The smallest absolute Gasteiger partial charge is 0.0363 e. The molecule has 0 bridgehead atoms. The summed E-state index contributed by atoms with van der Waals surface area (Å²) in [5.41, 5.74) is 6.55. The van der Waals surface area contributed by atoms with Crippen LogP contribution in [0, 0.1) is 0 Å². The van der Waals surface area contributed by atoms with Crippen LogP contribution in [0.3, 0.4) is 0 Å². The average Bonchev–Trinajstić information content (AvgIpc) is 2.91. The molecule has 194 valence electrons. The van der Waals surface area contributed by atoms with Crippen molar-refractivity contribution in [2.75, 3.05) is 37.5 Å². The van der Waals surface area contributed by atoms with E-state index in [0.29, 0.717) is 0 Å². The maximum atomic E-state index is 2.41. The Kier molecular flexibility index (Phi) is 11.9. The summed E-state index contributed by atoms with van der Waals surface area (Å²) in [7, 11) is 6.42. The first kappa shape index (κ1) is 27.8. The molecule has 2 heteroatoms. The number of benzene rings is 3. The minimum Gasteiger partial charge on any atom is -0.378 e. The normalized spacial score (nSPS) is 11.9. The maximum absolute atomic E-state index is 2.41. The lowest BCUT2D eigenvalue weighted by atomic mass is 9.85. The minimum atomic E-state index is 0.240. The first-order valence-corrected chi connectivity index (χ1v) is 14.2. The Balaban J connectivity index is 1.55. The lowest BCUT2D eigenvalue weighted by Gasteiger charge is -2.23. The number of nitrogens with zero attached hydrogens (tertiary/aromatic N) is 2. The van der Waals surface area contributed by atoms with Crippen LogP contribution in [-0.2, 0) is 0 Å². The zero-order valence-electron chi connectivity index (χ0n) is 23.3. The lowest BCUT2D eigenvalue weighted by molar-refractivity contribution is 0.556. The highest BCUT2D eigenvalue weighted by molar-refractivity contribution is 5.53. The molecule has 0 aliphatic heterocycles. The molecule has 0 N–H and O–H groups in total. The van der Waals surface area contributed by atoms with Crippen LogP contribution in [0.15, 0.2) is 78.9 Å². The highest BCUT2D eigenvalue weighted by atomic mass is 15.1. The van der Waals surface area contributed by atoms with Gasteiger partial charge in [0.1, 0.15) is 0 Å². The van der Waals surface area contributed by atoms with Crippen LogP contribution in [0.5, 0.6) is 0 Å². The fourth-order valence-corrected chi connectivity index (χ4v) is 5.07.